The fourth-order valence-electron chi connectivity index (χ4n) is 0.844. The van der Waals surface area contributed by atoms with E-state index < -0.39 is 0 Å². The van der Waals surface area contributed by atoms with Crippen molar-refractivity contribution in [1.82, 2.24) is 0 Å². The van der Waals surface area contributed by atoms with Crippen molar-refractivity contribution in [2.45, 2.75) is 6.92 Å². The molecular formula is C9H13N5. The average molecular weight is 191 g/mol. The molecule has 14 heavy (non-hydrogen) atoms. The van der Waals surface area contributed by atoms with Crippen LogP contribution in [0.3, 0.4) is 0 Å². The van der Waals surface area contributed by atoms with Gasteiger partial charge in [0.15, 0.2) is 5.84 Å². The Kier molecular flexibility index (Phi) is 3.06. The van der Waals surface area contributed by atoms with Crippen molar-refractivity contribution in [3.8, 4) is 0 Å². The molecule has 1 rings (SSSR count). The molecule has 0 aromatic heterocycles. The first-order chi connectivity index (χ1) is 6.59. The van der Waals surface area contributed by atoms with Gasteiger partial charge in [-0.25, -0.2) is 0 Å². The topological polar surface area (TPSA) is 103 Å². The molecule has 0 atom stereocenters. The van der Waals surface area contributed by atoms with E-state index in [1.807, 2.05) is 0 Å². The van der Waals surface area contributed by atoms with Gasteiger partial charge in [0, 0.05) is 11.3 Å². The molecular weight excluding hydrogens is 178 g/mol. The quantitative estimate of drug-likeness (QED) is 0.270. The van der Waals surface area contributed by atoms with Crippen LogP contribution in [0.5, 0.6) is 0 Å². The summed E-state index contributed by atoms with van der Waals surface area (Å²) in [4.78, 5) is 0. The van der Waals surface area contributed by atoms with Crippen LogP contribution in [-0.4, -0.2) is 11.7 Å². The number of hydrogen-bond acceptors (Lipinski definition) is 3. The first kappa shape index (κ1) is 10.0. The highest BCUT2D eigenvalue weighted by Crippen LogP contribution is 2.04. The van der Waals surface area contributed by atoms with Crippen molar-refractivity contribution in [3.63, 3.8) is 0 Å². The van der Waals surface area contributed by atoms with Gasteiger partial charge in [0.05, 0.1) is 0 Å². The predicted molar refractivity (Wildman–Crippen MR) is 58.9 cm³/mol. The number of amidine groups is 2. The van der Waals surface area contributed by atoms with Crippen molar-refractivity contribution in [2.75, 3.05) is 5.73 Å². The zero-order valence-corrected chi connectivity index (χ0v) is 7.94. The molecule has 1 aromatic rings. The van der Waals surface area contributed by atoms with Crippen LogP contribution >= 0.6 is 0 Å². The van der Waals surface area contributed by atoms with Gasteiger partial charge in [-0.15, -0.1) is 10.2 Å². The Hall–Kier alpha value is -2.04. The third-order valence-corrected chi connectivity index (χ3v) is 1.52. The van der Waals surface area contributed by atoms with Gasteiger partial charge in [-0.1, -0.05) is 0 Å². The Bertz CT molecular complexity index is 359. The standard InChI is InChI=1S/C9H13N5/c1-6(10)13-14-9(12)7-2-4-8(11)5-3-7/h2-5H,11H2,1H3,(H2,10,13)(H2,12,14). The van der Waals surface area contributed by atoms with E-state index in [-0.39, 0.29) is 0 Å². The van der Waals surface area contributed by atoms with Gasteiger partial charge in [-0.2, -0.15) is 0 Å². The van der Waals surface area contributed by atoms with Gasteiger partial charge >= 0.3 is 0 Å². The molecule has 6 N–H and O–H groups in total. The number of rotatable bonds is 2. The molecule has 0 aliphatic rings. The molecule has 0 unspecified atom stereocenters. The lowest BCUT2D eigenvalue weighted by molar-refractivity contribution is 1.20. The second-order valence-electron chi connectivity index (χ2n) is 2.85. The average Bonchev–Trinajstić information content (AvgIpc) is 2.15. The zero-order chi connectivity index (χ0) is 10.6. The second-order valence-corrected chi connectivity index (χ2v) is 2.85. The SMILES string of the molecule is C/C(N)=N/N=C(\N)c1ccc(N)cc1. The van der Waals surface area contributed by atoms with Gasteiger partial charge in [0.1, 0.15) is 5.84 Å². The summed E-state index contributed by atoms with van der Waals surface area (Å²) >= 11 is 0. The smallest absolute Gasteiger partial charge is 0.153 e. The van der Waals surface area contributed by atoms with E-state index in [2.05, 4.69) is 10.2 Å². The van der Waals surface area contributed by atoms with Crippen molar-refractivity contribution in [3.05, 3.63) is 29.8 Å². The lowest BCUT2D eigenvalue weighted by Gasteiger charge is -1.98. The van der Waals surface area contributed by atoms with Crippen LogP contribution in [0.25, 0.3) is 0 Å². The van der Waals surface area contributed by atoms with E-state index in [9.17, 15) is 0 Å². The summed E-state index contributed by atoms with van der Waals surface area (Å²) in [5.74, 6) is 0.679. The second kappa shape index (κ2) is 4.27. The summed E-state index contributed by atoms with van der Waals surface area (Å²) in [7, 11) is 0. The van der Waals surface area contributed by atoms with E-state index in [1.165, 1.54) is 0 Å². The van der Waals surface area contributed by atoms with Crippen LogP contribution in [0, 0.1) is 0 Å². The van der Waals surface area contributed by atoms with Crippen molar-refractivity contribution in [2.24, 2.45) is 21.7 Å². The molecule has 1 aromatic carbocycles. The molecule has 5 heteroatoms. The Balaban J connectivity index is 2.89. The van der Waals surface area contributed by atoms with Crippen molar-refractivity contribution < 1.29 is 0 Å². The molecule has 0 saturated carbocycles. The monoisotopic (exact) mass is 191 g/mol. The number of anilines is 1. The van der Waals surface area contributed by atoms with Crippen molar-refractivity contribution in [1.29, 1.82) is 0 Å². The summed E-state index contributed by atoms with van der Waals surface area (Å²) in [6, 6.07) is 7.04. The van der Waals surface area contributed by atoms with E-state index in [0.29, 0.717) is 17.4 Å². The van der Waals surface area contributed by atoms with Crippen LogP contribution in [0.2, 0.25) is 0 Å². The lowest BCUT2D eigenvalue weighted by atomic mass is 10.2. The Morgan fingerprint density at radius 3 is 2.14 bits per heavy atom. The molecule has 0 radical (unpaired) electrons. The molecule has 0 aliphatic heterocycles. The number of benzene rings is 1. The fourth-order valence-corrected chi connectivity index (χ4v) is 0.844. The van der Waals surface area contributed by atoms with Gasteiger partial charge in [-0.3, -0.25) is 0 Å². The van der Waals surface area contributed by atoms with Gasteiger partial charge in [0.25, 0.3) is 0 Å². The van der Waals surface area contributed by atoms with E-state index >= 15 is 0 Å². The summed E-state index contributed by atoms with van der Waals surface area (Å²) in [5, 5.41) is 7.39. The summed E-state index contributed by atoms with van der Waals surface area (Å²) in [5.41, 5.74) is 17.9. The minimum absolute atomic E-state index is 0.315. The largest absolute Gasteiger partial charge is 0.399 e. The lowest BCUT2D eigenvalue weighted by Crippen LogP contribution is -2.13. The molecule has 0 amide bonds. The summed E-state index contributed by atoms with van der Waals surface area (Å²) in [6.07, 6.45) is 0. The predicted octanol–water partition coefficient (Wildman–Crippen LogP) is 0.266. The maximum absolute atomic E-state index is 5.64. The maximum Gasteiger partial charge on any atom is 0.153 e. The maximum atomic E-state index is 5.64. The molecule has 5 nitrogen and oxygen atoms in total. The number of nitrogen functional groups attached to an aromatic ring is 1. The van der Waals surface area contributed by atoms with E-state index in [4.69, 9.17) is 17.2 Å². The molecule has 0 heterocycles. The first-order valence-corrected chi connectivity index (χ1v) is 4.08. The third kappa shape index (κ3) is 2.78. The van der Waals surface area contributed by atoms with Crippen LogP contribution in [0.15, 0.2) is 34.5 Å². The summed E-state index contributed by atoms with van der Waals surface area (Å²) < 4.78 is 0. The molecule has 0 fully saturated rings. The van der Waals surface area contributed by atoms with Crippen LogP contribution in [0.4, 0.5) is 5.69 Å². The molecule has 0 aliphatic carbocycles. The fraction of sp³-hybridized carbons (Fsp3) is 0.111. The molecule has 0 saturated heterocycles. The Labute approximate surface area is 82.3 Å². The first-order valence-electron chi connectivity index (χ1n) is 4.08. The van der Waals surface area contributed by atoms with Crippen molar-refractivity contribution >= 4 is 17.4 Å². The number of hydrogen-bond donors (Lipinski definition) is 3. The van der Waals surface area contributed by atoms with Crippen LogP contribution < -0.4 is 17.2 Å². The molecule has 0 bridgehead atoms. The molecule has 74 valence electrons. The highest BCUT2D eigenvalue weighted by atomic mass is 15.2. The zero-order valence-electron chi connectivity index (χ0n) is 7.94. The highest BCUT2D eigenvalue weighted by Gasteiger charge is 1.96. The van der Waals surface area contributed by atoms with Crippen LogP contribution in [0.1, 0.15) is 12.5 Å². The third-order valence-electron chi connectivity index (χ3n) is 1.52. The van der Waals surface area contributed by atoms with Gasteiger partial charge in [0.2, 0.25) is 0 Å². The Morgan fingerprint density at radius 1 is 1.07 bits per heavy atom. The highest BCUT2D eigenvalue weighted by molar-refractivity contribution is 5.98. The number of nitrogens with zero attached hydrogens (tertiary/aromatic N) is 2. The molecule has 0 spiro atoms. The number of nitrogens with two attached hydrogens (primary N) is 3. The van der Waals surface area contributed by atoms with E-state index in [1.54, 1.807) is 31.2 Å². The minimum Gasteiger partial charge on any atom is -0.399 e. The minimum atomic E-state index is 0.315. The van der Waals surface area contributed by atoms with Gasteiger partial charge in [-0.05, 0) is 31.2 Å². The Morgan fingerprint density at radius 2 is 1.64 bits per heavy atom. The van der Waals surface area contributed by atoms with E-state index in [0.717, 1.165) is 5.56 Å². The summed E-state index contributed by atoms with van der Waals surface area (Å²) in [6.45, 7) is 1.64. The normalized spacial score (nSPS) is 12.9. The van der Waals surface area contributed by atoms with Gasteiger partial charge < -0.3 is 17.2 Å². The van der Waals surface area contributed by atoms with Crippen LogP contribution in [-0.2, 0) is 0 Å².